The van der Waals surface area contributed by atoms with E-state index in [-0.39, 0.29) is 31.1 Å². The van der Waals surface area contributed by atoms with Gasteiger partial charge in [-0.25, -0.2) is 0 Å². The summed E-state index contributed by atoms with van der Waals surface area (Å²) in [6.07, 6.45) is 48.2. The molecule has 0 saturated carbocycles. The second kappa shape index (κ2) is 46.9. The average Bonchev–Trinajstić information content (AvgIpc) is 3.23. The van der Waals surface area contributed by atoms with Crippen LogP contribution in [0.4, 0.5) is 0 Å². The Balaban J connectivity index is 4.21. The van der Waals surface area contributed by atoms with E-state index in [9.17, 15) is 14.4 Å². The van der Waals surface area contributed by atoms with Crippen molar-refractivity contribution in [2.24, 2.45) is 11.8 Å². The molecule has 0 bridgehead atoms. The lowest BCUT2D eigenvalue weighted by Crippen LogP contribution is -2.30. The fourth-order valence-corrected chi connectivity index (χ4v) is 8.13. The van der Waals surface area contributed by atoms with Gasteiger partial charge in [-0.05, 0) is 31.1 Å². The van der Waals surface area contributed by atoms with Crippen LogP contribution in [0.5, 0.6) is 0 Å². The number of hydrogen-bond acceptors (Lipinski definition) is 6. The normalized spacial score (nSPS) is 12.5. The molecule has 0 spiro atoms. The van der Waals surface area contributed by atoms with Crippen LogP contribution >= 0.6 is 0 Å². The zero-order valence-electron chi connectivity index (χ0n) is 41.1. The van der Waals surface area contributed by atoms with Gasteiger partial charge in [-0.3, -0.25) is 14.4 Å². The molecule has 0 aliphatic carbocycles. The molecule has 0 aliphatic rings. The highest BCUT2D eigenvalue weighted by Crippen LogP contribution is 2.18. The third kappa shape index (κ3) is 45.9. The minimum absolute atomic E-state index is 0.0648. The molecule has 0 N–H and O–H groups in total. The maximum Gasteiger partial charge on any atom is 0.306 e. The molecule has 0 fully saturated rings. The van der Waals surface area contributed by atoms with Crippen LogP contribution in [-0.4, -0.2) is 37.2 Å². The topological polar surface area (TPSA) is 78.9 Å². The summed E-state index contributed by atoms with van der Waals surface area (Å²) in [5, 5.41) is 0. The third-order valence-corrected chi connectivity index (χ3v) is 12.6. The fourth-order valence-electron chi connectivity index (χ4n) is 8.13. The summed E-state index contributed by atoms with van der Waals surface area (Å²) in [6, 6.07) is 0. The number of unbranched alkanes of at least 4 members (excludes halogenated alkanes) is 32. The van der Waals surface area contributed by atoms with Gasteiger partial charge in [0.05, 0.1) is 0 Å². The Labute approximate surface area is 374 Å². The minimum Gasteiger partial charge on any atom is -0.462 e. The van der Waals surface area contributed by atoms with Gasteiger partial charge in [-0.1, -0.05) is 259 Å². The maximum atomic E-state index is 12.7. The summed E-state index contributed by atoms with van der Waals surface area (Å²) in [7, 11) is 0. The molecular weight excluding hydrogens is 745 g/mol. The Kier molecular flexibility index (Phi) is 45.7. The molecular formula is C54H104O6. The van der Waals surface area contributed by atoms with Crippen molar-refractivity contribution in [3.05, 3.63) is 0 Å². The van der Waals surface area contributed by atoms with E-state index < -0.39 is 6.10 Å². The summed E-state index contributed by atoms with van der Waals surface area (Å²) in [5.41, 5.74) is 0. The van der Waals surface area contributed by atoms with E-state index in [4.69, 9.17) is 14.2 Å². The minimum atomic E-state index is -0.762. The van der Waals surface area contributed by atoms with Crippen molar-refractivity contribution in [3.63, 3.8) is 0 Å². The van der Waals surface area contributed by atoms with Crippen molar-refractivity contribution in [1.82, 2.24) is 0 Å². The lowest BCUT2D eigenvalue weighted by Gasteiger charge is -2.18. The Morgan fingerprint density at radius 2 is 0.633 bits per heavy atom. The Morgan fingerprint density at radius 3 is 0.950 bits per heavy atom. The molecule has 0 aliphatic heterocycles. The zero-order chi connectivity index (χ0) is 44.0. The number of hydrogen-bond donors (Lipinski definition) is 0. The van der Waals surface area contributed by atoms with Crippen molar-refractivity contribution in [2.45, 2.75) is 304 Å². The smallest absolute Gasteiger partial charge is 0.306 e. The first-order chi connectivity index (χ1) is 29.3. The highest BCUT2D eigenvalue weighted by atomic mass is 16.6. The molecule has 0 radical (unpaired) electrons. The van der Waals surface area contributed by atoms with E-state index >= 15 is 0 Å². The number of ether oxygens (including phenoxy) is 3. The second-order valence-corrected chi connectivity index (χ2v) is 19.2. The Morgan fingerprint density at radius 1 is 0.350 bits per heavy atom. The molecule has 0 heterocycles. The largest absolute Gasteiger partial charge is 0.462 e. The summed E-state index contributed by atoms with van der Waals surface area (Å²) in [5.74, 6) is 0.775. The average molecular weight is 849 g/mol. The Hall–Kier alpha value is -1.59. The van der Waals surface area contributed by atoms with Crippen molar-refractivity contribution in [2.75, 3.05) is 13.2 Å². The van der Waals surface area contributed by atoms with E-state index in [0.29, 0.717) is 19.3 Å². The lowest BCUT2D eigenvalue weighted by atomic mass is 9.99. The van der Waals surface area contributed by atoms with E-state index in [0.717, 1.165) is 69.6 Å². The summed E-state index contributed by atoms with van der Waals surface area (Å²) in [6.45, 7) is 11.3. The molecule has 0 rings (SSSR count). The van der Waals surface area contributed by atoms with Crippen molar-refractivity contribution < 1.29 is 28.6 Å². The van der Waals surface area contributed by atoms with Crippen LogP contribution in [0.1, 0.15) is 298 Å². The van der Waals surface area contributed by atoms with Gasteiger partial charge in [-0.15, -0.1) is 0 Å². The fraction of sp³-hybridized carbons (Fsp3) is 0.944. The molecule has 0 saturated heterocycles. The van der Waals surface area contributed by atoms with Gasteiger partial charge < -0.3 is 14.2 Å². The SMILES string of the molecule is CCCCCCCCCCCCCCCCCCCCCC(=O)OC[C@H](COC(=O)CCCCCCCCCCCCC(C)CC)OC(=O)CCCCCCCCC(C)C. The maximum absolute atomic E-state index is 12.7. The molecule has 0 aromatic carbocycles. The van der Waals surface area contributed by atoms with Gasteiger partial charge in [0, 0.05) is 19.3 Å². The lowest BCUT2D eigenvalue weighted by molar-refractivity contribution is -0.167. The van der Waals surface area contributed by atoms with Gasteiger partial charge in [0.15, 0.2) is 6.10 Å². The first kappa shape index (κ1) is 58.4. The zero-order valence-corrected chi connectivity index (χ0v) is 41.1. The monoisotopic (exact) mass is 849 g/mol. The van der Waals surface area contributed by atoms with Crippen LogP contribution in [0, 0.1) is 11.8 Å². The quantitative estimate of drug-likeness (QED) is 0.0345. The van der Waals surface area contributed by atoms with Crippen LogP contribution < -0.4 is 0 Å². The number of esters is 3. The number of carbonyl (C=O) groups is 3. The number of rotatable bonds is 48. The third-order valence-electron chi connectivity index (χ3n) is 12.6. The van der Waals surface area contributed by atoms with Crippen LogP contribution in [-0.2, 0) is 28.6 Å². The molecule has 1 unspecified atom stereocenters. The second-order valence-electron chi connectivity index (χ2n) is 19.2. The van der Waals surface area contributed by atoms with Gasteiger partial charge in [-0.2, -0.15) is 0 Å². The highest BCUT2D eigenvalue weighted by molar-refractivity contribution is 5.71. The first-order valence-electron chi connectivity index (χ1n) is 26.8. The van der Waals surface area contributed by atoms with Gasteiger partial charge >= 0.3 is 17.9 Å². The predicted molar refractivity (Wildman–Crippen MR) is 256 cm³/mol. The summed E-state index contributed by atoms with van der Waals surface area (Å²) in [4.78, 5) is 37.9. The van der Waals surface area contributed by atoms with Gasteiger partial charge in [0.25, 0.3) is 0 Å². The van der Waals surface area contributed by atoms with Crippen LogP contribution in [0.15, 0.2) is 0 Å². The molecule has 0 amide bonds. The number of carbonyl (C=O) groups excluding carboxylic acids is 3. The molecule has 2 atom stereocenters. The van der Waals surface area contributed by atoms with Crippen molar-refractivity contribution >= 4 is 17.9 Å². The van der Waals surface area contributed by atoms with E-state index in [2.05, 4.69) is 34.6 Å². The first-order valence-corrected chi connectivity index (χ1v) is 26.8. The van der Waals surface area contributed by atoms with Crippen LogP contribution in [0.25, 0.3) is 0 Å². The van der Waals surface area contributed by atoms with E-state index in [1.165, 1.54) is 186 Å². The molecule has 356 valence electrons. The van der Waals surface area contributed by atoms with Crippen molar-refractivity contribution in [3.8, 4) is 0 Å². The van der Waals surface area contributed by atoms with Crippen LogP contribution in [0.2, 0.25) is 0 Å². The summed E-state index contributed by atoms with van der Waals surface area (Å²) < 4.78 is 16.8. The van der Waals surface area contributed by atoms with Gasteiger partial charge in [0.1, 0.15) is 13.2 Å². The Bertz CT molecular complexity index is 918. The molecule has 0 aromatic rings. The summed E-state index contributed by atoms with van der Waals surface area (Å²) >= 11 is 0. The van der Waals surface area contributed by atoms with Crippen LogP contribution in [0.3, 0.4) is 0 Å². The standard InChI is InChI=1S/C54H104O6/c1-6-8-9-10-11-12-13-14-15-16-17-18-19-20-21-25-28-34-39-44-52(55)58-47-51(60-54(57)46-41-36-31-30-32-37-42-49(3)4)48-59-53(56)45-40-35-29-26-23-22-24-27-33-38-43-50(5)7-2/h49-51H,6-48H2,1-5H3/t50?,51-/m1/s1. The van der Waals surface area contributed by atoms with E-state index in [1.807, 2.05) is 0 Å². The van der Waals surface area contributed by atoms with E-state index in [1.54, 1.807) is 0 Å². The predicted octanol–water partition coefficient (Wildman–Crippen LogP) is 17.3. The van der Waals surface area contributed by atoms with Crippen molar-refractivity contribution in [1.29, 1.82) is 0 Å². The highest BCUT2D eigenvalue weighted by Gasteiger charge is 2.19. The molecule has 6 nitrogen and oxygen atoms in total. The molecule has 60 heavy (non-hydrogen) atoms. The van der Waals surface area contributed by atoms with Gasteiger partial charge in [0.2, 0.25) is 0 Å². The molecule has 6 heteroatoms. The molecule has 0 aromatic heterocycles.